The molecule has 1 rings (SSSR count). The van der Waals surface area contributed by atoms with E-state index >= 15 is 0 Å². The van der Waals surface area contributed by atoms with E-state index in [1.165, 1.54) is 0 Å². The van der Waals surface area contributed by atoms with Crippen molar-refractivity contribution in [2.45, 2.75) is 26.3 Å². The second-order valence-corrected chi connectivity index (χ2v) is 3.97. The zero-order chi connectivity index (χ0) is 12.1. The van der Waals surface area contributed by atoms with Crippen LogP contribution in [0.4, 0.5) is 0 Å². The predicted octanol–water partition coefficient (Wildman–Crippen LogP) is -0.324. The minimum Gasteiger partial charge on any atom is -0.409 e. The van der Waals surface area contributed by atoms with Gasteiger partial charge in [-0.1, -0.05) is 12.1 Å². The normalized spacial score (nSPS) is 20.9. The molecule has 1 aliphatic heterocycles. The van der Waals surface area contributed by atoms with Gasteiger partial charge in [0.15, 0.2) is 5.84 Å². The van der Waals surface area contributed by atoms with Gasteiger partial charge in [0.1, 0.15) is 0 Å². The molecular formula is C10H20N4O2. The Kier molecular flexibility index (Phi) is 4.54. The molecule has 0 saturated carbocycles. The van der Waals surface area contributed by atoms with Crippen LogP contribution in [0.15, 0.2) is 5.16 Å². The quantitative estimate of drug-likeness (QED) is 0.300. The van der Waals surface area contributed by atoms with Crippen molar-refractivity contribution in [2.24, 2.45) is 10.9 Å². The van der Waals surface area contributed by atoms with Crippen molar-refractivity contribution in [1.29, 1.82) is 0 Å². The molecule has 0 aliphatic carbocycles. The lowest BCUT2D eigenvalue weighted by atomic mass is 10.2. The maximum atomic E-state index is 11.5. The molecule has 1 atom stereocenters. The first-order valence-corrected chi connectivity index (χ1v) is 5.59. The summed E-state index contributed by atoms with van der Waals surface area (Å²) in [6, 6.07) is -0.0797. The second-order valence-electron chi connectivity index (χ2n) is 3.97. The van der Waals surface area contributed by atoms with Crippen LogP contribution in [-0.2, 0) is 4.79 Å². The second kappa shape index (κ2) is 5.69. The fourth-order valence-electron chi connectivity index (χ4n) is 1.85. The molecule has 0 aromatic heterocycles. The minimum atomic E-state index is -0.0797. The third-order valence-electron chi connectivity index (χ3n) is 3.06. The van der Waals surface area contributed by atoms with Gasteiger partial charge in [-0.3, -0.25) is 9.69 Å². The van der Waals surface area contributed by atoms with E-state index in [0.717, 1.165) is 26.2 Å². The molecule has 1 aliphatic rings. The van der Waals surface area contributed by atoms with E-state index in [1.807, 2.05) is 18.7 Å². The van der Waals surface area contributed by atoms with Gasteiger partial charge in [-0.05, 0) is 6.92 Å². The fourth-order valence-corrected chi connectivity index (χ4v) is 1.85. The predicted molar refractivity (Wildman–Crippen MR) is 61.3 cm³/mol. The highest BCUT2D eigenvalue weighted by Crippen LogP contribution is 2.07. The van der Waals surface area contributed by atoms with Crippen molar-refractivity contribution >= 4 is 11.7 Å². The molecule has 1 amide bonds. The van der Waals surface area contributed by atoms with Gasteiger partial charge in [0.2, 0.25) is 5.91 Å². The molecule has 0 radical (unpaired) electrons. The van der Waals surface area contributed by atoms with Gasteiger partial charge in [-0.15, -0.1) is 0 Å². The number of oxime groups is 1. The van der Waals surface area contributed by atoms with Crippen molar-refractivity contribution < 1.29 is 10.0 Å². The van der Waals surface area contributed by atoms with E-state index in [9.17, 15) is 4.79 Å². The summed E-state index contributed by atoms with van der Waals surface area (Å²) < 4.78 is 0. The van der Waals surface area contributed by atoms with Crippen molar-refractivity contribution in [3.05, 3.63) is 0 Å². The van der Waals surface area contributed by atoms with Crippen LogP contribution in [0.3, 0.4) is 0 Å². The number of amidine groups is 1. The lowest BCUT2D eigenvalue weighted by Gasteiger charge is -2.37. The molecule has 0 bridgehead atoms. The van der Waals surface area contributed by atoms with Crippen LogP contribution in [0.25, 0.3) is 0 Å². The summed E-state index contributed by atoms with van der Waals surface area (Å²) in [6.45, 7) is 6.73. The monoisotopic (exact) mass is 228 g/mol. The molecule has 6 heteroatoms. The number of piperazine rings is 1. The van der Waals surface area contributed by atoms with E-state index < -0.39 is 0 Å². The number of amides is 1. The third kappa shape index (κ3) is 2.85. The molecule has 0 aromatic rings. The van der Waals surface area contributed by atoms with Crippen molar-refractivity contribution in [3.8, 4) is 0 Å². The first-order chi connectivity index (χ1) is 7.60. The van der Waals surface area contributed by atoms with Gasteiger partial charge < -0.3 is 15.8 Å². The smallest absolute Gasteiger partial charge is 0.222 e. The summed E-state index contributed by atoms with van der Waals surface area (Å²) in [5, 5.41) is 11.6. The van der Waals surface area contributed by atoms with Gasteiger partial charge in [0.25, 0.3) is 0 Å². The van der Waals surface area contributed by atoms with Gasteiger partial charge in [0, 0.05) is 32.6 Å². The first-order valence-electron chi connectivity index (χ1n) is 5.59. The molecule has 3 N–H and O–H groups in total. The van der Waals surface area contributed by atoms with Crippen molar-refractivity contribution in [2.75, 3.05) is 26.2 Å². The Morgan fingerprint density at radius 3 is 2.44 bits per heavy atom. The van der Waals surface area contributed by atoms with Crippen LogP contribution in [0.1, 0.15) is 20.3 Å². The number of nitrogens with zero attached hydrogens (tertiary/aromatic N) is 3. The highest BCUT2D eigenvalue weighted by molar-refractivity contribution is 5.84. The van der Waals surface area contributed by atoms with Crippen LogP contribution in [0.2, 0.25) is 0 Å². The van der Waals surface area contributed by atoms with E-state index in [0.29, 0.717) is 6.42 Å². The summed E-state index contributed by atoms with van der Waals surface area (Å²) in [4.78, 5) is 15.4. The highest BCUT2D eigenvalue weighted by Gasteiger charge is 2.24. The van der Waals surface area contributed by atoms with Gasteiger partial charge in [-0.25, -0.2) is 0 Å². The standard InChI is InChI=1S/C10H20N4O2/c1-3-9(15)14-6-4-13(5-7-14)8(2)10(11)12-16/h8,16H,3-7H2,1-2H3,(H2,11,12). The molecule has 0 aromatic carbocycles. The number of rotatable bonds is 3. The summed E-state index contributed by atoms with van der Waals surface area (Å²) in [6.07, 6.45) is 0.551. The van der Waals surface area contributed by atoms with Crippen LogP contribution >= 0.6 is 0 Å². The third-order valence-corrected chi connectivity index (χ3v) is 3.06. The van der Waals surface area contributed by atoms with E-state index in [-0.39, 0.29) is 17.8 Å². The molecule has 1 fully saturated rings. The molecular weight excluding hydrogens is 208 g/mol. The average Bonchev–Trinajstić information content (AvgIpc) is 2.36. The van der Waals surface area contributed by atoms with Crippen LogP contribution < -0.4 is 5.73 Å². The molecule has 1 heterocycles. The Balaban J connectivity index is 2.46. The van der Waals surface area contributed by atoms with Crippen LogP contribution in [0.5, 0.6) is 0 Å². The van der Waals surface area contributed by atoms with Gasteiger partial charge in [0.05, 0.1) is 6.04 Å². The topological polar surface area (TPSA) is 82.2 Å². The number of hydrogen-bond acceptors (Lipinski definition) is 4. The summed E-state index contributed by atoms with van der Waals surface area (Å²) >= 11 is 0. The van der Waals surface area contributed by atoms with Crippen molar-refractivity contribution in [1.82, 2.24) is 9.80 Å². The molecule has 92 valence electrons. The maximum Gasteiger partial charge on any atom is 0.222 e. The fraction of sp³-hybridized carbons (Fsp3) is 0.800. The number of nitrogens with two attached hydrogens (primary N) is 1. The number of carbonyl (C=O) groups is 1. The summed E-state index contributed by atoms with van der Waals surface area (Å²) in [5.41, 5.74) is 5.55. The Morgan fingerprint density at radius 1 is 1.44 bits per heavy atom. The van der Waals surface area contributed by atoms with E-state index in [4.69, 9.17) is 10.9 Å². The molecule has 1 unspecified atom stereocenters. The van der Waals surface area contributed by atoms with Crippen LogP contribution in [-0.4, -0.2) is 59.0 Å². The minimum absolute atomic E-state index is 0.0797. The van der Waals surface area contributed by atoms with E-state index in [1.54, 1.807) is 0 Å². The summed E-state index contributed by atoms with van der Waals surface area (Å²) in [5.74, 6) is 0.409. The lowest BCUT2D eigenvalue weighted by Crippen LogP contribution is -2.54. The van der Waals surface area contributed by atoms with Crippen LogP contribution in [0, 0.1) is 0 Å². The molecule has 1 saturated heterocycles. The van der Waals surface area contributed by atoms with Gasteiger partial charge >= 0.3 is 0 Å². The Hall–Kier alpha value is -1.30. The highest BCUT2D eigenvalue weighted by atomic mass is 16.4. The lowest BCUT2D eigenvalue weighted by molar-refractivity contribution is -0.132. The summed E-state index contributed by atoms with van der Waals surface area (Å²) in [7, 11) is 0. The molecule has 6 nitrogen and oxygen atoms in total. The first kappa shape index (κ1) is 12.8. The average molecular weight is 228 g/mol. The molecule has 0 spiro atoms. The largest absolute Gasteiger partial charge is 0.409 e. The number of hydrogen-bond donors (Lipinski definition) is 2. The Morgan fingerprint density at radius 2 is 2.00 bits per heavy atom. The Labute approximate surface area is 95.7 Å². The zero-order valence-corrected chi connectivity index (χ0v) is 9.89. The Bertz CT molecular complexity index is 272. The SMILES string of the molecule is CCC(=O)N1CCN(C(C)C(N)=NO)CC1. The van der Waals surface area contributed by atoms with Gasteiger partial charge in [-0.2, -0.15) is 0 Å². The maximum absolute atomic E-state index is 11.5. The molecule has 16 heavy (non-hydrogen) atoms. The number of carbonyl (C=O) groups excluding carboxylic acids is 1. The van der Waals surface area contributed by atoms with Crippen molar-refractivity contribution in [3.63, 3.8) is 0 Å². The van der Waals surface area contributed by atoms with E-state index in [2.05, 4.69) is 10.1 Å². The zero-order valence-electron chi connectivity index (χ0n) is 9.89.